The fourth-order valence-electron chi connectivity index (χ4n) is 3.00. The summed E-state index contributed by atoms with van der Waals surface area (Å²) in [5.41, 5.74) is -1.03. The van der Waals surface area contributed by atoms with Crippen LogP contribution in [0.2, 0.25) is 0 Å². The zero-order valence-corrected chi connectivity index (χ0v) is 16.1. The van der Waals surface area contributed by atoms with Gasteiger partial charge in [0.05, 0.1) is 16.1 Å². The van der Waals surface area contributed by atoms with Gasteiger partial charge in [0.15, 0.2) is 0 Å². The number of alkyl halides is 3. The van der Waals surface area contributed by atoms with Gasteiger partial charge in [-0.3, -0.25) is 4.79 Å². The Bertz CT molecular complexity index is 1350. The summed E-state index contributed by atoms with van der Waals surface area (Å²) in [7, 11) is 0. The van der Waals surface area contributed by atoms with Crippen LogP contribution in [0, 0.1) is 6.92 Å². The molecule has 0 atom stereocenters. The molecule has 0 amide bonds. The minimum absolute atomic E-state index is 0.0214. The smallest absolute Gasteiger partial charge is 0.416 e. The highest BCUT2D eigenvalue weighted by molar-refractivity contribution is 7.10. The van der Waals surface area contributed by atoms with Crippen molar-refractivity contribution in [1.82, 2.24) is 4.57 Å². The summed E-state index contributed by atoms with van der Waals surface area (Å²) in [5.74, 6) is -0.0653. The van der Waals surface area contributed by atoms with E-state index in [1.165, 1.54) is 19.1 Å². The van der Waals surface area contributed by atoms with Gasteiger partial charge in [0.1, 0.15) is 0 Å². The maximum Gasteiger partial charge on any atom is 0.416 e. The second-order valence-electron chi connectivity index (χ2n) is 6.31. The number of halogens is 3. The first-order valence-corrected chi connectivity index (χ1v) is 9.33. The molecule has 1 N–H and O–H groups in total. The molecule has 2 aromatic carbocycles. The first kappa shape index (κ1) is 19.7. The molecule has 0 aliphatic carbocycles. The number of thiazole rings is 1. The van der Waals surface area contributed by atoms with Crippen molar-refractivity contribution in [3.8, 4) is 11.6 Å². The third-order valence-electron chi connectivity index (χ3n) is 4.45. The Labute approximate surface area is 170 Å². The van der Waals surface area contributed by atoms with E-state index in [9.17, 15) is 23.1 Å². The summed E-state index contributed by atoms with van der Waals surface area (Å²) in [6.45, 7) is 1.26. The fourth-order valence-corrected chi connectivity index (χ4v) is 3.84. The number of hydrogen-bond acceptors (Lipinski definition) is 7. The maximum absolute atomic E-state index is 13.2. The van der Waals surface area contributed by atoms with E-state index in [1.807, 2.05) is 0 Å². The lowest BCUT2D eigenvalue weighted by Crippen LogP contribution is -2.15. The Balaban J connectivity index is 1.80. The van der Waals surface area contributed by atoms with E-state index in [0.29, 0.717) is 16.3 Å². The summed E-state index contributed by atoms with van der Waals surface area (Å²) >= 11 is 0.731. The van der Waals surface area contributed by atoms with E-state index in [-0.39, 0.29) is 16.1 Å². The van der Waals surface area contributed by atoms with Crippen LogP contribution in [0.15, 0.2) is 67.9 Å². The SMILES string of the molecule is Cc1c(-n2c(O)c(C=c3ccc(=C4N=NN=N4)cc3)sc2=O)cccc1C(F)(F)F. The van der Waals surface area contributed by atoms with E-state index < -0.39 is 22.5 Å². The Morgan fingerprint density at radius 2 is 1.73 bits per heavy atom. The molecule has 0 fully saturated rings. The number of hydrogen-bond donors (Lipinski definition) is 1. The number of aromatic nitrogens is 1. The summed E-state index contributed by atoms with van der Waals surface area (Å²) in [5, 5.41) is 26.2. The van der Waals surface area contributed by atoms with E-state index in [2.05, 4.69) is 20.7 Å². The number of aromatic hydroxyl groups is 1. The van der Waals surface area contributed by atoms with E-state index in [4.69, 9.17) is 0 Å². The van der Waals surface area contributed by atoms with Crippen molar-refractivity contribution in [3.05, 3.63) is 78.6 Å². The van der Waals surface area contributed by atoms with Crippen molar-refractivity contribution in [2.75, 3.05) is 0 Å². The molecule has 30 heavy (non-hydrogen) atoms. The predicted octanol–water partition coefficient (Wildman–Crippen LogP) is 3.66. The number of nitrogens with zero attached hydrogens (tertiary/aromatic N) is 5. The number of rotatable bonds is 2. The largest absolute Gasteiger partial charge is 0.493 e. The van der Waals surface area contributed by atoms with Crippen molar-refractivity contribution >= 4 is 23.2 Å². The van der Waals surface area contributed by atoms with Crippen LogP contribution in [0.1, 0.15) is 16.0 Å². The zero-order valence-electron chi connectivity index (χ0n) is 15.3. The zero-order chi connectivity index (χ0) is 21.5. The Kier molecular flexibility index (Phi) is 4.82. The minimum atomic E-state index is -4.57. The molecule has 0 bridgehead atoms. The molecular formula is C19H12F3N5O2S. The van der Waals surface area contributed by atoms with Crippen LogP contribution in [-0.4, -0.2) is 9.67 Å². The second-order valence-corrected chi connectivity index (χ2v) is 7.30. The second kappa shape index (κ2) is 7.34. The lowest BCUT2D eigenvalue weighted by molar-refractivity contribution is -0.138. The number of benzene rings is 2. The van der Waals surface area contributed by atoms with Crippen LogP contribution in [0.25, 0.3) is 17.6 Å². The summed E-state index contributed by atoms with van der Waals surface area (Å²) in [6.07, 6.45) is -3.00. The molecule has 152 valence electrons. The third kappa shape index (κ3) is 3.54. The fraction of sp³-hybridized carbons (Fsp3) is 0.105. The molecule has 0 spiro atoms. The molecule has 0 unspecified atom stereocenters. The Morgan fingerprint density at radius 1 is 1.07 bits per heavy atom. The highest BCUT2D eigenvalue weighted by Crippen LogP contribution is 2.35. The van der Waals surface area contributed by atoms with E-state index in [1.54, 1.807) is 30.3 Å². The highest BCUT2D eigenvalue weighted by atomic mass is 32.1. The van der Waals surface area contributed by atoms with Gasteiger partial charge in [-0.2, -0.15) is 13.2 Å². The summed E-state index contributed by atoms with van der Waals surface area (Å²) in [6, 6.07) is 10.4. The van der Waals surface area contributed by atoms with E-state index >= 15 is 0 Å². The van der Waals surface area contributed by atoms with Gasteiger partial charge in [-0.1, -0.05) is 41.7 Å². The van der Waals surface area contributed by atoms with Crippen molar-refractivity contribution < 1.29 is 18.3 Å². The lowest BCUT2D eigenvalue weighted by atomic mass is 10.1. The van der Waals surface area contributed by atoms with Crippen molar-refractivity contribution in [2.24, 2.45) is 20.7 Å². The molecule has 1 aromatic heterocycles. The average Bonchev–Trinajstić information content (AvgIpc) is 3.31. The van der Waals surface area contributed by atoms with Gasteiger partial charge >= 0.3 is 11.0 Å². The van der Waals surface area contributed by atoms with Gasteiger partial charge in [-0.05, 0) is 46.4 Å². The van der Waals surface area contributed by atoms with Gasteiger partial charge in [0.25, 0.3) is 0 Å². The molecule has 3 aromatic rings. The molecule has 0 saturated carbocycles. The molecule has 1 aliphatic rings. The van der Waals surface area contributed by atoms with Gasteiger partial charge in [0.2, 0.25) is 11.7 Å². The first-order chi connectivity index (χ1) is 14.3. The Hall–Kier alpha value is -3.60. The van der Waals surface area contributed by atoms with Crippen LogP contribution in [-0.2, 0) is 6.18 Å². The van der Waals surface area contributed by atoms with Crippen LogP contribution in [0.5, 0.6) is 5.88 Å². The molecule has 7 nitrogen and oxygen atoms in total. The van der Waals surface area contributed by atoms with E-state index in [0.717, 1.165) is 22.0 Å². The summed E-state index contributed by atoms with van der Waals surface area (Å²) < 4.78 is 40.5. The van der Waals surface area contributed by atoms with Gasteiger partial charge < -0.3 is 5.11 Å². The molecule has 0 radical (unpaired) electrons. The maximum atomic E-state index is 13.2. The lowest BCUT2D eigenvalue weighted by Gasteiger charge is -2.14. The van der Waals surface area contributed by atoms with Gasteiger partial charge in [-0.15, -0.1) is 10.2 Å². The van der Waals surface area contributed by atoms with Crippen molar-refractivity contribution in [1.29, 1.82) is 0 Å². The molecule has 11 heteroatoms. The van der Waals surface area contributed by atoms with Gasteiger partial charge in [-0.25, -0.2) is 4.57 Å². The van der Waals surface area contributed by atoms with Gasteiger partial charge in [0, 0.05) is 5.22 Å². The van der Waals surface area contributed by atoms with Crippen LogP contribution >= 0.6 is 11.3 Å². The van der Waals surface area contributed by atoms with Crippen LogP contribution < -0.4 is 15.3 Å². The summed E-state index contributed by atoms with van der Waals surface area (Å²) in [4.78, 5) is 12.1. The Morgan fingerprint density at radius 3 is 2.37 bits per heavy atom. The van der Waals surface area contributed by atoms with Crippen molar-refractivity contribution in [3.63, 3.8) is 0 Å². The molecule has 0 saturated heterocycles. The monoisotopic (exact) mass is 431 g/mol. The predicted molar refractivity (Wildman–Crippen MR) is 104 cm³/mol. The topological polar surface area (TPSA) is 91.7 Å². The average molecular weight is 431 g/mol. The van der Waals surface area contributed by atoms with Crippen LogP contribution in [0.4, 0.5) is 13.2 Å². The molecular weight excluding hydrogens is 419 g/mol. The minimum Gasteiger partial charge on any atom is -0.493 e. The third-order valence-corrected chi connectivity index (χ3v) is 5.33. The standard InChI is InChI=1S/C19H12F3N5O2S/c1-10-13(19(20,21)22)3-2-4-14(10)27-17(28)15(30-18(27)29)9-11-5-7-12(8-6-11)16-23-25-26-24-16/h2-9,28H,1H3. The van der Waals surface area contributed by atoms with Crippen LogP contribution in [0.3, 0.4) is 0 Å². The first-order valence-electron chi connectivity index (χ1n) is 8.51. The quantitative estimate of drug-likeness (QED) is 0.671. The molecule has 4 rings (SSSR count). The molecule has 2 heterocycles. The normalized spacial score (nSPS) is 13.3. The molecule has 1 aliphatic heterocycles. The van der Waals surface area contributed by atoms with Crippen molar-refractivity contribution in [2.45, 2.75) is 13.1 Å². The highest BCUT2D eigenvalue weighted by Gasteiger charge is 2.33.